The van der Waals surface area contributed by atoms with E-state index in [4.69, 9.17) is 4.98 Å². The molecular formula is C28H30N8O. The summed E-state index contributed by atoms with van der Waals surface area (Å²) in [6, 6.07) is 9.00. The summed E-state index contributed by atoms with van der Waals surface area (Å²) >= 11 is 0. The Labute approximate surface area is 215 Å². The molecule has 0 saturated carbocycles. The van der Waals surface area contributed by atoms with Gasteiger partial charge >= 0.3 is 0 Å². The molecule has 188 valence electrons. The van der Waals surface area contributed by atoms with Gasteiger partial charge in [-0.3, -0.25) is 9.48 Å². The van der Waals surface area contributed by atoms with Gasteiger partial charge in [-0.15, -0.1) is 0 Å². The summed E-state index contributed by atoms with van der Waals surface area (Å²) in [6.07, 6.45) is 10.7. The average molecular weight is 495 g/mol. The van der Waals surface area contributed by atoms with Gasteiger partial charge in [-0.25, -0.2) is 9.50 Å². The van der Waals surface area contributed by atoms with Gasteiger partial charge in [0.1, 0.15) is 11.9 Å². The van der Waals surface area contributed by atoms with E-state index < -0.39 is 0 Å². The molecule has 0 N–H and O–H groups in total. The van der Waals surface area contributed by atoms with Crippen molar-refractivity contribution in [1.29, 1.82) is 5.26 Å². The van der Waals surface area contributed by atoms with Crippen LogP contribution in [-0.2, 0) is 11.8 Å². The zero-order valence-electron chi connectivity index (χ0n) is 21.6. The SMILES string of the molecule is Cn1cc(-c2cc(-c3ccc(N4C[C@@H]5C[C@H]4CN5C(=O)CC(C)(C)C)nc3)c3c(C#N)cnn3c2)cn1. The van der Waals surface area contributed by atoms with Crippen LogP contribution in [0.15, 0.2) is 49.2 Å². The van der Waals surface area contributed by atoms with Crippen molar-refractivity contribution in [3.05, 3.63) is 54.7 Å². The normalized spacial score (nSPS) is 19.1. The van der Waals surface area contributed by atoms with E-state index in [-0.39, 0.29) is 17.4 Å². The van der Waals surface area contributed by atoms with Crippen molar-refractivity contribution in [3.63, 3.8) is 0 Å². The molecule has 6 heterocycles. The minimum atomic E-state index is -0.00331. The van der Waals surface area contributed by atoms with Gasteiger partial charge < -0.3 is 9.80 Å². The molecule has 6 rings (SSSR count). The first-order chi connectivity index (χ1) is 17.7. The van der Waals surface area contributed by atoms with Crippen LogP contribution in [0, 0.1) is 16.7 Å². The second kappa shape index (κ2) is 8.44. The highest BCUT2D eigenvalue weighted by atomic mass is 16.2. The van der Waals surface area contributed by atoms with Crippen LogP contribution in [0.5, 0.6) is 0 Å². The molecule has 37 heavy (non-hydrogen) atoms. The first-order valence-corrected chi connectivity index (χ1v) is 12.6. The van der Waals surface area contributed by atoms with Gasteiger partial charge in [-0.2, -0.15) is 15.5 Å². The first-order valence-electron chi connectivity index (χ1n) is 12.6. The van der Waals surface area contributed by atoms with Crippen molar-refractivity contribution in [3.8, 4) is 28.3 Å². The molecule has 2 bridgehead atoms. The Balaban J connectivity index is 1.28. The number of rotatable bonds is 4. The van der Waals surface area contributed by atoms with E-state index in [1.165, 1.54) is 0 Å². The standard InChI is InChI=1S/C28H30N8O/c1-28(2,3)9-26(37)35-17-22-8-23(35)16-34(22)25-6-5-18(11-30-25)24-7-19(21-13-31-33(4)14-21)15-36-27(24)20(10-29)12-32-36/h5-7,11-15,22-23H,8-9,16-17H2,1-4H3/t22-,23-/m0/s1. The molecule has 0 unspecified atom stereocenters. The molecule has 2 aliphatic heterocycles. The second-order valence-electron chi connectivity index (χ2n) is 11.4. The lowest BCUT2D eigenvalue weighted by molar-refractivity contribution is -0.134. The zero-order chi connectivity index (χ0) is 25.9. The largest absolute Gasteiger partial charge is 0.350 e. The number of carbonyl (C=O) groups is 1. The van der Waals surface area contributed by atoms with Gasteiger partial charge in [0.05, 0.1) is 35.6 Å². The lowest BCUT2D eigenvalue weighted by atomic mass is 9.91. The third-order valence-electron chi connectivity index (χ3n) is 7.37. The third-order valence-corrected chi connectivity index (χ3v) is 7.37. The van der Waals surface area contributed by atoms with Gasteiger partial charge in [0.25, 0.3) is 0 Å². The number of likely N-dealkylation sites (tertiary alicyclic amines) is 1. The lowest BCUT2D eigenvalue weighted by Crippen LogP contribution is -2.49. The van der Waals surface area contributed by atoms with Gasteiger partial charge in [0.2, 0.25) is 5.91 Å². The van der Waals surface area contributed by atoms with Gasteiger partial charge in [0, 0.05) is 67.4 Å². The van der Waals surface area contributed by atoms with E-state index in [1.54, 1.807) is 15.4 Å². The Morgan fingerprint density at radius 2 is 1.89 bits per heavy atom. The van der Waals surface area contributed by atoms with E-state index in [9.17, 15) is 10.1 Å². The minimum Gasteiger partial charge on any atom is -0.350 e. The zero-order valence-corrected chi connectivity index (χ0v) is 21.6. The van der Waals surface area contributed by atoms with Crippen LogP contribution < -0.4 is 4.90 Å². The van der Waals surface area contributed by atoms with Crippen LogP contribution in [0.2, 0.25) is 0 Å². The number of hydrogen-bond acceptors (Lipinski definition) is 6. The quantitative estimate of drug-likeness (QED) is 0.427. The predicted octanol–water partition coefficient (Wildman–Crippen LogP) is 3.89. The van der Waals surface area contributed by atoms with Crippen molar-refractivity contribution in [1.82, 2.24) is 29.3 Å². The molecule has 9 nitrogen and oxygen atoms in total. The number of anilines is 1. The second-order valence-corrected chi connectivity index (χ2v) is 11.4. The van der Waals surface area contributed by atoms with Crippen LogP contribution in [-0.4, -0.2) is 60.4 Å². The highest BCUT2D eigenvalue weighted by Gasteiger charge is 2.46. The van der Waals surface area contributed by atoms with Crippen LogP contribution in [0.1, 0.15) is 39.2 Å². The number of aryl methyl sites for hydroxylation is 1. The monoisotopic (exact) mass is 494 g/mol. The Bertz CT molecular complexity index is 1540. The van der Waals surface area contributed by atoms with E-state index in [0.29, 0.717) is 18.0 Å². The number of amides is 1. The van der Waals surface area contributed by atoms with E-state index in [1.807, 2.05) is 37.9 Å². The molecule has 0 radical (unpaired) electrons. The maximum absolute atomic E-state index is 12.8. The summed E-state index contributed by atoms with van der Waals surface area (Å²) in [5, 5.41) is 18.4. The highest BCUT2D eigenvalue weighted by Crippen LogP contribution is 2.37. The summed E-state index contributed by atoms with van der Waals surface area (Å²) in [6.45, 7) is 7.91. The number of nitrogens with zero attached hydrogens (tertiary/aromatic N) is 8. The smallest absolute Gasteiger partial charge is 0.223 e. The van der Waals surface area contributed by atoms with Crippen LogP contribution in [0.3, 0.4) is 0 Å². The topological polar surface area (TPSA) is 95.3 Å². The lowest BCUT2D eigenvalue weighted by Gasteiger charge is -2.36. The number of hydrogen-bond donors (Lipinski definition) is 0. The summed E-state index contributed by atoms with van der Waals surface area (Å²) in [5.74, 6) is 1.18. The van der Waals surface area contributed by atoms with Gasteiger partial charge in [-0.05, 0) is 30.0 Å². The van der Waals surface area contributed by atoms with Crippen molar-refractivity contribution >= 4 is 17.2 Å². The van der Waals surface area contributed by atoms with Crippen molar-refractivity contribution in [2.45, 2.75) is 45.7 Å². The Morgan fingerprint density at radius 3 is 2.51 bits per heavy atom. The predicted molar refractivity (Wildman–Crippen MR) is 141 cm³/mol. The van der Waals surface area contributed by atoms with Crippen molar-refractivity contribution in [2.24, 2.45) is 12.5 Å². The summed E-state index contributed by atoms with van der Waals surface area (Å²) in [4.78, 5) is 22.1. The number of carbonyl (C=O) groups excluding carboxylic acids is 1. The Kier molecular flexibility index (Phi) is 5.30. The Morgan fingerprint density at radius 1 is 1.05 bits per heavy atom. The fourth-order valence-corrected chi connectivity index (χ4v) is 5.68. The first kappa shape index (κ1) is 23.2. The molecule has 0 spiro atoms. The molecule has 1 amide bonds. The highest BCUT2D eigenvalue weighted by molar-refractivity contribution is 5.87. The number of fused-ring (bicyclic) bond motifs is 3. The fraction of sp³-hybridized carbons (Fsp3) is 0.393. The Hall–Kier alpha value is -4.19. The third kappa shape index (κ3) is 4.12. The molecule has 2 atom stereocenters. The molecule has 9 heteroatoms. The molecular weight excluding hydrogens is 464 g/mol. The molecule has 0 aliphatic carbocycles. The van der Waals surface area contributed by atoms with Crippen LogP contribution >= 0.6 is 0 Å². The van der Waals surface area contributed by atoms with E-state index in [2.05, 4.69) is 59.0 Å². The van der Waals surface area contributed by atoms with Crippen molar-refractivity contribution in [2.75, 3.05) is 18.0 Å². The van der Waals surface area contributed by atoms with E-state index in [0.717, 1.165) is 53.1 Å². The van der Waals surface area contributed by atoms with Gasteiger partial charge in [0.15, 0.2) is 0 Å². The van der Waals surface area contributed by atoms with Gasteiger partial charge in [-0.1, -0.05) is 20.8 Å². The van der Waals surface area contributed by atoms with Crippen molar-refractivity contribution < 1.29 is 4.79 Å². The maximum atomic E-state index is 12.8. The summed E-state index contributed by atoms with van der Waals surface area (Å²) in [7, 11) is 1.89. The number of pyridine rings is 2. The molecule has 2 fully saturated rings. The molecule has 0 aromatic carbocycles. The average Bonchev–Trinajstić information content (AvgIpc) is 3.65. The molecule has 2 saturated heterocycles. The van der Waals surface area contributed by atoms with E-state index >= 15 is 0 Å². The molecule has 4 aromatic rings. The maximum Gasteiger partial charge on any atom is 0.223 e. The number of aromatic nitrogens is 5. The fourth-order valence-electron chi connectivity index (χ4n) is 5.68. The summed E-state index contributed by atoms with van der Waals surface area (Å²) < 4.78 is 3.52. The van der Waals surface area contributed by atoms with Crippen LogP contribution in [0.4, 0.5) is 5.82 Å². The van der Waals surface area contributed by atoms with Crippen LogP contribution in [0.25, 0.3) is 27.8 Å². The number of piperazine rings is 1. The molecule has 2 aliphatic rings. The number of nitriles is 1. The minimum absolute atomic E-state index is 0.00331. The summed E-state index contributed by atoms with van der Waals surface area (Å²) in [5.41, 5.74) is 5.04. The molecule has 4 aromatic heterocycles.